The van der Waals surface area contributed by atoms with Crippen molar-refractivity contribution >= 4 is 0 Å². The van der Waals surface area contributed by atoms with Crippen LogP contribution in [0.3, 0.4) is 0 Å². The quantitative estimate of drug-likeness (QED) is 0.912. The van der Waals surface area contributed by atoms with Crippen molar-refractivity contribution in [1.82, 2.24) is 0 Å². The standard InChI is InChI=1S/C16H18O3/c1-10-9-13(10)14-7-8-15(19-14)16(17)11-3-5-12(18-2)6-4-11/h3-8,10,13,16-17H,9H2,1-2H3. The predicted octanol–water partition coefficient (Wildman–Crippen LogP) is 3.49. The molecule has 0 bridgehead atoms. The summed E-state index contributed by atoms with van der Waals surface area (Å²) < 4.78 is 10.9. The Morgan fingerprint density at radius 3 is 2.47 bits per heavy atom. The summed E-state index contributed by atoms with van der Waals surface area (Å²) in [6.07, 6.45) is 0.472. The van der Waals surface area contributed by atoms with Crippen LogP contribution in [0, 0.1) is 5.92 Å². The van der Waals surface area contributed by atoms with E-state index in [1.54, 1.807) is 7.11 Å². The van der Waals surface area contributed by atoms with Crippen molar-refractivity contribution in [2.24, 2.45) is 5.92 Å². The third-order valence-corrected chi connectivity index (χ3v) is 3.82. The van der Waals surface area contributed by atoms with Crippen LogP contribution in [-0.2, 0) is 0 Å². The van der Waals surface area contributed by atoms with E-state index in [4.69, 9.17) is 9.15 Å². The monoisotopic (exact) mass is 258 g/mol. The number of rotatable bonds is 4. The summed E-state index contributed by atoms with van der Waals surface area (Å²) >= 11 is 0. The van der Waals surface area contributed by atoms with Crippen LogP contribution in [0.2, 0.25) is 0 Å². The van der Waals surface area contributed by atoms with Gasteiger partial charge in [0.1, 0.15) is 23.4 Å². The summed E-state index contributed by atoms with van der Waals surface area (Å²) in [6.45, 7) is 2.22. The van der Waals surface area contributed by atoms with Gasteiger partial charge in [-0.2, -0.15) is 0 Å². The molecule has 1 aromatic heterocycles. The minimum atomic E-state index is -0.714. The summed E-state index contributed by atoms with van der Waals surface area (Å²) in [7, 11) is 1.63. The maximum absolute atomic E-state index is 10.3. The molecule has 100 valence electrons. The first-order valence-corrected chi connectivity index (χ1v) is 6.60. The normalized spacial score (nSPS) is 23.1. The van der Waals surface area contributed by atoms with Crippen molar-refractivity contribution in [3.8, 4) is 5.75 Å². The fourth-order valence-electron chi connectivity index (χ4n) is 2.38. The van der Waals surface area contributed by atoms with Crippen LogP contribution in [0.4, 0.5) is 0 Å². The molecule has 2 aromatic rings. The minimum absolute atomic E-state index is 0.539. The maximum Gasteiger partial charge on any atom is 0.137 e. The van der Waals surface area contributed by atoms with E-state index in [0.717, 1.165) is 17.1 Å². The third-order valence-electron chi connectivity index (χ3n) is 3.82. The number of furan rings is 1. The number of ether oxygens (including phenoxy) is 1. The molecule has 1 fully saturated rings. The molecule has 1 heterocycles. The van der Waals surface area contributed by atoms with Crippen molar-refractivity contribution in [3.63, 3.8) is 0 Å². The lowest BCUT2D eigenvalue weighted by atomic mass is 10.1. The van der Waals surface area contributed by atoms with Crippen LogP contribution < -0.4 is 4.74 Å². The van der Waals surface area contributed by atoms with Crippen LogP contribution >= 0.6 is 0 Å². The first-order valence-electron chi connectivity index (χ1n) is 6.60. The molecule has 3 unspecified atom stereocenters. The second-order valence-electron chi connectivity index (χ2n) is 5.24. The zero-order valence-corrected chi connectivity index (χ0v) is 11.2. The Kier molecular flexibility index (Phi) is 3.07. The number of hydrogen-bond acceptors (Lipinski definition) is 3. The molecule has 1 N–H and O–H groups in total. The molecule has 19 heavy (non-hydrogen) atoms. The highest BCUT2D eigenvalue weighted by Gasteiger charge is 2.36. The van der Waals surface area contributed by atoms with Crippen molar-refractivity contribution < 1.29 is 14.3 Å². The van der Waals surface area contributed by atoms with Crippen LogP contribution in [0.25, 0.3) is 0 Å². The highest BCUT2D eigenvalue weighted by molar-refractivity contribution is 5.32. The second-order valence-corrected chi connectivity index (χ2v) is 5.24. The molecule has 0 amide bonds. The van der Waals surface area contributed by atoms with Gasteiger partial charge in [0.2, 0.25) is 0 Å². The first kappa shape index (κ1) is 12.3. The summed E-state index contributed by atoms with van der Waals surface area (Å²) in [4.78, 5) is 0. The number of aliphatic hydroxyl groups excluding tert-OH is 1. The van der Waals surface area contributed by atoms with Crippen molar-refractivity contribution in [1.29, 1.82) is 0 Å². The molecular weight excluding hydrogens is 240 g/mol. The zero-order chi connectivity index (χ0) is 13.4. The lowest BCUT2D eigenvalue weighted by molar-refractivity contribution is 0.186. The van der Waals surface area contributed by atoms with E-state index in [1.165, 1.54) is 6.42 Å². The lowest BCUT2D eigenvalue weighted by Crippen LogP contribution is -1.97. The molecule has 3 atom stereocenters. The van der Waals surface area contributed by atoms with Crippen LogP contribution in [0.1, 0.15) is 42.5 Å². The van der Waals surface area contributed by atoms with Gasteiger partial charge in [-0.15, -0.1) is 0 Å². The Morgan fingerprint density at radius 2 is 1.89 bits per heavy atom. The summed E-state index contributed by atoms with van der Waals surface area (Å²) in [5.41, 5.74) is 0.811. The van der Waals surface area contributed by atoms with Gasteiger partial charge in [-0.05, 0) is 42.2 Å². The van der Waals surface area contributed by atoms with Gasteiger partial charge in [0.25, 0.3) is 0 Å². The van der Waals surface area contributed by atoms with Crippen molar-refractivity contribution in [3.05, 3.63) is 53.5 Å². The molecule has 0 saturated heterocycles. The van der Waals surface area contributed by atoms with Crippen molar-refractivity contribution in [2.45, 2.75) is 25.4 Å². The van der Waals surface area contributed by atoms with E-state index in [9.17, 15) is 5.11 Å². The molecule has 3 nitrogen and oxygen atoms in total. The smallest absolute Gasteiger partial charge is 0.137 e. The topological polar surface area (TPSA) is 42.6 Å². The summed E-state index contributed by atoms with van der Waals surface area (Å²) in [6, 6.07) is 11.2. The maximum atomic E-state index is 10.3. The largest absolute Gasteiger partial charge is 0.497 e. The molecule has 3 heteroatoms. The Hall–Kier alpha value is -1.74. The SMILES string of the molecule is COc1ccc(C(O)c2ccc(C3CC3C)o2)cc1. The molecule has 1 aliphatic carbocycles. The Balaban J connectivity index is 1.78. The van der Waals surface area contributed by atoms with Gasteiger partial charge < -0.3 is 14.3 Å². The van der Waals surface area contributed by atoms with E-state index < -0.39 is 6.10 Å². The molecule has 0 aliphatic heterocycles. The first-order chi connectivity index (χ1) is 9.19. The molecule has 1 saturated carbocycles. The van der Waals surface area contributed by atoms with E-state index >= 15 is 0 Å². The van der Waals surface area contributed by atoms with Gasteiger partial charge >= 0.3 is 0 Å². The van der Waals surface area contributed by atoms with E-state index in [2.05, 4.69) is 6.92 Å². The third kappa shape index (κ3) is 2.38. The van der Waals surface area contributed by atoms with E-state index in [-0.39, 0.29) is 0 Å². The van der Waals surface area contributed by atoms with Crippen LogP contribution in [0.15, 0.2) is 40.8 Å². The number of aliphatic hydroxyl groups is 1. The number of benzene rings is 1. The van der Waals surface area contributed by atoms with E-state index in [0.29, 0.717) is 17.6 Å². The Morgan fingerprint density at radius 1 is 1.21 bits per heavy atom. The Bertz CT molecular complexity index is 556. The highest BCUT2D eigenvalue weighted by atomic mass is 16.5. The highest BCUT2D eigenvalue weighted by Crippen LogP contribution is 2.47. The zero-order valence-electron chi connectivity index (χ0n) is 11.2. The van der Waals surface area contributed by atoms with Crippen LogP contribution in [0.5, 0.6) is 5.75 Å². The fourth-order valence-corrected chi connectivity index (χ4v) is 2.38. The molecule has 1 aromatic carbocycles. The van der Waals surface area contributed by atoms with Gasteiger partial charge in [-0.25, -0.2) is 0 Å². The number of hydrogen-bond donors (Lipinski definition) is 1. The van der Waals surface area contributed by atoms with Crippen LogP contribution in [-0.4, -0.2) is 12.2 Å². The van der Waals surface area contributed by atoms with Crippen molar-refractivity contribution in [2.75, 3.05) is 7.11 Å². The summed E-state index contributed by atoms with van der Waals surface area (Å²) in [5, 5.41) is 10.3. The summed E-state index contributed by atoms with van der Waals surface area (Å²) in [5.74, 6) is 3.63. The molecule has 3 rings (SSSR count). The Labute approximate surface area is 112 Å². The molecule has 0 spiro atoms. The van der Waals surface area contributed by atoms with Gasteiger partial charge in [-0.1, -0.05) is 19.1 Å². The second kappa shape index (κ2) is 4.74. The van der Waals surface area contributed by atoms with E-state index in [1.807, 2.05) is 36.4 Å². The molecule has 0 radical (unpaired) electrons. The van der Waals surface area contributed by atoms with Gasteiger partial charge in [0, 0.05) is 5.92 Å². The average Bonchev–Trinajstić information content (AvgIpc) is 2.99. The van der Waals surface area contributed by atoms with Gasteiger partial charge in [0.15, 0.2) is 0 Å². The van der Waals surface area contributed by atoms with Gasteiger partial charge in [0.05, 0.1) is 7.11 Å². The van der Waals surface area contributed by atoms with Gasteiger partial charge in [-0.3, -0.25) is 0 Å². The molecular formula is C16H18O3. The average molecular weight is 258 g/mol. The predicted molar refractivity (Wildman–Crippen MR) is 72.3 cm³/mol. The minimum Gasteiger partial charge on any atom is -0.497 e. The lowest BCUT2D eigenvalue weighted by Gasteiger charge is -2.09. The molecule has 1 aliphatic rings. The number of methoxy groups -OCH3 is 1. The fraction of sp³-hybridized carbons (Fsp3) is 0.375.